The molecule has 0 bridgehead atoms. The Kier molecular flexibility index (Phi) is 4.25. The van der Waals surface area contributed by atoms with Crippen LogP contribution in [0, 0.1) is 6.92 Å². The highest BCUT2D eigenvalue weighted by molar-refractivity contribution is 5.37. The molecule has 0 spiro atoms. The van der Waals surface area contributed by atoms with Crippen molar-refractivity contribution in [3.05, 3.63) is 47.3 Å². The van der Waals surface area contributed by atoms with Crippen molar-refractivity contribution in [3.63, 3.8) is 0 Å². The summed E-state index contributed by atoms with van der Waals surface area (Å²) in [5.74, 6) is 1.52. The van der Waals surface area contributed by atoms with Crippen LogP contribution < -0.4 is 4.74 Å². The molecule has 102 valence electrons. The molecule has 2 rings (SSSR count). The van der Waals surface area contributed by atoms with Gasteiger partial charge in [0.15, 0.2) is 0 Å². The Hall–Kier alpha value is -1.77. The van der Waals surface area contributed by atoms with Crippen LogP contribution in [0.5, 0.6) is 5.75 Å². The normalized spacial score (nSPS) is 11.0. The average molecular weight is 258 g/mol. The maximum atomic E-state index is 5.91. The van der Waals surface area contributed by atoms with Crippen LogP contribution in [-0.4, -0.2) is 16.4 Å². The highest BCUT2D eigenvalue weighted by Crippen LogP contribution is 2.24. The molecule has 0 aliphatic carbocycles. The summed E-state index contributed by atoms with van der Waals surface area (Å²) in [4.78, 5) is 0. The van der Waals surface area contributed by atoms with Crippen LogP contribution in [0.4, 0.5) is 0 Å². The van der Waals surface area contributed by atoms with Gasteiger partial charge in [0.2, 0.25) is 0 Å². The summed E-state index contributed by atoms with van der Waals surface area (Å²) in [5.41, 5.74) is 3.70. The van der Waals surface area contributed by atoms with Gasteiger partial charge in [0, 0.05) is 25.4 Å². The van der Waals surface area contributed by atoms with E-state index in [4.69, 9.17) is 4.74 Å². The summed E-state index contributed by atoms with van der Waals surface area (Å²) in [5, 5.41) is 4.16. The van der Waals surface area contributed by atoms with E-state index in [0.717, 1.165) is 12.2 Å². The maximum Gasteiger partial charge on any atom is 0.122 e. The molecule has 0 unspecified atom stereocenters. The molecule has 1 heterocycles. The molecular formula is C16H22N2O. The van der Waals surface area contributed by atoms with E-state index < -0.39 is 0 Å². The van der Waals surface area contributed by atoms with E-state index in [1.165, 1.54) is 16.8 Å². The number of aryl methyl sites for hydroxylation is 2. The maximum absolute atomic E-state index is 5.91. The molecule has 0 fully saturated rings. The van der Waals surface area contributed by atoms with Gasteiger partial charge in [0.05, 0.1) is 6.61 Å². The lowest BCUT2D eigenvalue weighted by molar-refractivity contribution is 0.316. The molecule has 1 aromatic heterocycles. The van der Waals surface area contributed by atoms with E-state index in [1.807, 2.05) is 24.0 Å². The zero-order chi connectivity index (χ0) is 13.8. The number of aromatic nitrogens is 2. The fourth-order valence-corrected chi connectivity index (χ4v) is 2.04. The third-order valence-corrected chi connectivity index (χ3v) is 3.42. The molecule has 0 N–H and O–H groups in total. The highest BCUT2D eigenvalue weighted by atomic mass is 16.5. The number of hydrogen-bond donors (Lipinski definition) is 0. The first-order chi connectivity index (χ1) is 9.08. The van der Waals surface area contributed by atoms with E-state index in [2.05, 4.69) is 44.1 Å². The number of hydrogen-bond acceptors (Lipinski definition) is 2. The van der Waals surface area contributed by atoms with E-state index >= 15 is 0 Å². The SMILES string of the molecule is Cc1ccc(C(C)C)cc1OCCc1ccnn1C. The van der Waals surface area contributed by atoms with Gasteiger partial charge in [-0.15, -0.1) is 0 Å². The minimum Gasteiger partial charge on any atom is -0.493 e. The first-order valence-corrected chi connectivity index (χ1v) is 6.78. The Morgan fingerprint density at radius 2 is 2.05 bits per heavy atom. The first-order valence-electron chi connectivity index (χ1n) is 6.78. The standard InChI is InChI=1S/C16H22N2O/c1-12(2)14-6-5-13(3)16(11-14)19-10-8-15-7-9-17-18(15)4/h5-7,9,11-12H,8,10H2,1-4H3. The lowest BCUT2D eigenvalue weighted by atomic mass is 10.0. The third-order valence-electron chi connectivity index (χ3n) is 3.42. The van der Waals surface area contributed by atoms with Gasteiger partial charge >= 0.3 is 0 Å². The van der Waals surface area contributed by atoms with Crippen molar-refractivity contribution >= 4 is 0 Å². The summed E-state index contributed by atoms with van der Waals surface area (Å²) in [6.45, 7) is 7.17. The number of rotatable bonds is 5. The van der Waals surface area contributed by atoms with Gasteiger partial charge in [-0.1, -0.05) is 26.0 Å². The Morgan fingerprint density at radius 3 is 2.68 bits per heavy atom. The zero-order valence-electron chi connectivity index (χ0n) is 12.2. The summed E-state index contributed by atoms with van der Waals surface area (Å²) < 4.78 is 7.80. The van der Waals surface area contributed by atoms with Crippen molar-refractivity contribution in [2.75, 3.05) is 6.61 Å². The molecule has 0 saturated carbocycles. The number of ether oxygens (including phenoxy) is 1. The van der Waals surface area contributed by atoms with Crippen LogP contribution in [0.3, 0.4) is 0 Å². The van der Waals surface area contributed by atoms with Crippen molar-refractivity contribution in [2.45, 2.75) is 33.1 Å². The quantitative estimate of drug-likeness (QED) is 0.821. The minimum absolute atomic E-state index is 0.528. The van der Waals surface area contributed by atoms with Crippen molar-refractivity contribution in [1.29, 1.82) is 0 Å². The minimum atomic E-state index is 0.528. The Labute approximate surface area is 115 Å². The van der Waals surface area contributed by atoms with E-state index in [9.17, 15) is 0 Å². The van der Waals surface area contributed by atoms with Crippen LogP contribution in [0.1, 0.15) is 36.6 Å². The van der Waals surface area contributed by atoms with Gasteiger partial charge < -0.3 is 4.74 Å². The van der Waals surface area contributed by atoms with Crippen LogP contribution in [0.15, 0.2) is 30.5 Å². The fourth-order valence-electron chi connectivity index (χ4n) is 2.04. The highest BCUT2D eigenvalue weighted by Gasteiger charge is 2.05. The molecule has 0 aliphatic rings. The van der Waals surface area contributed by atoms with Crippen molar-refractivity contribution in [3.8, 4) is 5.75 Å². The van der Waals surface area contributed by atoms with Crippen LogP contribution in [-0.2, 0) is 13.5 Å². The molecule has 3 heteroatoms. The fraction of sp³-hybridized carbons (Fsp3) is 0.438. The second-order valence-electron chi connectivity index (χ2n) is 5.22. The van der Waals surface area contributed by atoms with Gasteiger partial charge in [0.1, 0.15) is 5.75 Å². The molecular weight excluding hydrogens is 236 g/mol. The molecule has 19 heavy (non-hydrogen) atoms. The van der Waals surface area contributed by atoms with Gasteiger partial charge in [-0.3, -0.25) is 4.68 Å². The molecule has 0 aliphatic heterocycles. The lowest BCUT2D eigenvalue weighted by Gasteiger charge is -2.12. The largest absolute Gasteiger partial charge is 0.493 e. The number of nitrogens with zero attached hydrogens (tertiary/aromatic N) is 2. The predicted molar refractivity (Wildman–Crippen MR) is 77.7 cm³/mol. The van der Waals surface area contributed by atoms with Gasteiger partial charge in [-0.2, -0.15) is 5.10 Å². The Bertz CT molecular complexity index is 543. The lowest BCUT2D eigenvalue weighted by Crippen LogP contribution is -2.07. The molecule has 0 saturated heterocycles. The summed E-state index contributed by atoms with van der Waals surface area (Å²) in [7, 11) is 1.96. The molecule has 0 radical (unpaired) electrons. The zero-order valence-corrected chi connectivity index (χ0v) is 12.2. The summed E-state index contributed by atoms with van der Waals surface area (Å²) in [6, 6.07) is 8.49. The number of benzene rings is 1. The molecule has 3 nitrogen and oxygen atoms in total. The summed E-state index contributed by atoms with van der Waals surface area (Å²) in [6.07, 6.45) is 2.70. The van der Waals surface area contributed by atoms with Gasteiger partial charge in [0.25, 0.3) is 0 Å². The van der Waals surface area contributed by atoms with Gasteiger partial charge in [-0.05, 0) is 36.1 Å². The Balaban J connectivity index is 1.99. The van der Waals surface area contributed by atoms with Crippen LogP contribution >= 0.6 is 0 Å². The average Bonchev–Trinajstić information content (AvgIpc) is 2.77. The molecule has 2 aromatic rings. The van der Waals surface area contributed by atoms with Crippen LogP contribution in [0.25, 0.3) is 0 Å². The van der Waals surface area contributed by atoms with Gasteiger partial charge in [-0.25, -0.2) is 0 Å². The predicted octanol–water partition coefficient (Wildman–Crippen LogP) is 3.47. The van der Waals surface area contributed by atoms with Crippen molar-refractivity contribution in [2.24, 2.45) is 7.05 Å². The van der Waals surface area contributed by atoms with Crippen molar-refractivity contribution in [1.82, 2.24) is 9.78 Å². The van der Waals surface area contributed by atoms with E-state index in [1.54, 1.807) is 0 Å². The van der Waals surface area contributed by atoms with E-state index in [0.29, 0.717) is 12.5 Å². The third kappa shape index (κ3) is 3.37. The molecule has 0 amide bonds. The second-order valence-corrected chi connectivity index (χ2v) is 5.22. The molecule has 1 aromatic carbocycles. The molecule has 0 atom stereocenters. The monoisotopic (exact) mass is 258 g/mol. The van der Waals surface area contributed by atoms with Crippen molar-refractivity contribution < 1.29 is 4.74 Å². The smallest absolute Gasteiger partial charge is 0.122 e. The van der Waals surface area contributed by atoms with Crippen LogP contribution in [0.2, 0.25) is 0 Å². The Morgan fingerprint density at radius 1 is 1.26 bits per heavy atom. The second kappa shape index (κ2) is 5.91. The van der Waals surface area contributed by atoms with E-state index in [-0.39, 0.29) is 0 Å². The summed E-state index contributed by atoms with van der Waals surface area (Å²) >= 11 is 0. The first kappa shape index (κ1) is 13.7. The topological polar surface area (TPSA) is 27.1 Å².